The van der Waals surface area contributed by atoms with Crippen molar-refractivity contribution in [3.63, 3.8) is 0 Å². The van der Waals surface area contributed by atoms with Gasteiger partial charge in [0.05, 0.1) is 6.10 Å². The summed E-state index contributed by atoms with van der Waals surface area (Å²) in [6, 6.07) is 8.92. The van der Waals surface area contributed by atoms with Gasteiger partial charge in [-0.2, -0.15) is 9.78 Å². The Balaban J connectivity index is 1.03. The fourth-order valence-corrected chi connectivity index (χ4v) is 8.62. The average Bonchev–Trinajstić information content (AvgIpc) is 3.18. The minimum Gasteiger partial charge on any atom is -0.490 e. The average molecular weight is 453 g/mol. The van der Waals surface area contributed by atoms with E-state index in [4.69, 9.17) is 19.2 Å². The minimum atomic E-state index is -0.549. The van der Waals surface area contributed by atoms with E-state index in [1.165, 1.54) is 69.8 Å². The molecule has 6 aliphatic carbocycles. The molecule has 8 rings (SSSR count). The fraction of sp³-hybridized carbons (Fsp3) is 0.793. The lowest BCUT2D eigenvalue weighted by Crippen LogP contribution is -2.59. The van der Waals surface area contributed by atoms with Crippen LogP contribution in [0.25, 0.3) is 0 Å². The van der Waals surface area contributed by atoms with Crippen LogP contribution < -0.4 is 4.74 Å². The molecule has 4 nitrogen and oxygen atoms in total. The molecule has 180 valence electrons. The molecular weight excluding hydrogens is 412 g/mol. The van der Waals surface area contributed by atoms with Crippen LogP contribution >= 0.6 is 0 Å². The summed E-state index contributed by atoms with van der Waals surface area (Å²) in [4.78, 5) is 12.5. The van der Waals surface area contributed by atoms with E-state index in [0.29, 0.717) is 23.9 Å². The van der Waals surface area contributed by atoms with E-state index in [1.54, 1.807) is 0 Å². The first-order chi connectivity index (χ1) is 16.1. The monoisotopic (exact) mass is 452 g/mol. The van der Waals surface area contributed by atoms with Gasteiger partial charge >= 0.3 is 0 Å². The van der Waals surface area contributed by atoms with Crippen molar-refractivity contribution in [3.8, 4) is 5.75 Å². The molecule has 1 saturated heterocycles. The topological polar surface area (TPSA) is 36.9 Å². The fourth-order valence-electron chi connectivity index (χ4n) is 8.62. The lowest BCUT2D eigenvalue weighted by Gasteiger charge is -2.57. The highest BCUT2D eigenvalue weighted by atomic mass is 17.3. The Morgan fingerprint density at radius 2 is 1.52 bits per heavy atom. The van der Waals surface area contributed by atoms with E-state index in [1.807, 2.05) is 0 Å². The van der Waals surface area contributed by atoms with Crippen molar-refractivity contribution in [3.05, 3.63) is 29.8 Å². The van der Waals surface area contributed by atoms with Gasteiger partial charge in [-0.25, -0.2) is 0 Å². The van der Waals surface area contributed by atoms with Crippen LogP contribution in [0.2, 0.25) is 0 Å². The van der Waals surface area contributed by atoms with Gasteiger partial charge in [-0.3, -0.25) is 0 Å². The van der Waals surface area contributed by atoms with Crippen LogP contribution in [0.15, 0.2) is 24.3 Å². The van der Waals surface area contributed by atoms with Gasteiger partial charge in [0.2, 0.25) is 11.6 Å². The summed E-state index contributed by atoms with van der Waals surface area (Å²) in [5.74, 6) is 4.20. The van der Waals surface area contributed by atoms with Crippen LogP contribution in [0.4, 0.5) is 0 Å². The van der Waals surface area contributed by atoms with E-state index in [9.17, 15) is 0 Å². The van der Waals surface area contributed by atoms with Crippen LogP contribution in [-0.4, -0.2) is 17.7 Å². The molecular formula is C29H40O4. The summed E-state index contributed by atoms with van der Waals surface area (Å²) < 4.78 is 13.3. The summed E-state index contributed by atoms with van der Waals surface area (Å²) in [5, 5.41) is 0. The van der Waals surface area contributed by atoms with Gasteiger partial charge in [0, 0.05) is 24.7 Å². The molecule has 4 bridgehead atoms. The van der Waals surface area contributed by atoms with Crippen molar-refractivity contribution < 1.29 is 19.2 Å². The first kappa shape index (κ1) is 21.2. The van der Waals surface area contributed by atoms with E-state index < -0.39 is 11.6 Å². The van der Waals surface area contributed by atoms with Crippen LogP contribution in [0.3, 0.4) is 0 Å². The van der Waals surface area contributed by atoms with E-state index in [-0.39, 0.29) is 0 Å². The maximum atomic E-state index is 6.97. The molecule has 1 heterocycles. The van der Waals surface area contributed by atoms with Gasteiger partial charge in [-0.05, 0) is 112 Å². The van der Waals surface area contributed by atoms with Gasteiger partial charge in [-0.1, -0.05) is 19.1 Å². The lowest BCUT2D eigenvalue weighted by molar-refractivity contribution is -0.390. The van der Waals surface area contributed by atoms with Crippen LogP contribution in [0, 0.1) is 29.6 Å². The summed E-state index contributed by atoms with van der Waals surface area (Å²) >= 11 is 0. The molecule has 4 heteroatoms. The zero-order valence-corrected chi connectivity index (χ0v) is 20.2. The number of hydrogen-bond acceptors (Lipinski definition) is 4. The molecule has 0 radical (unpaired) electrons. The minimum absolute atomic E-state index is 0.389. The van der Waals surface area contributed by atoms with Crippen molar-refractivity contribution in [2.24, 2.45) is 29.6 Å². The highest BCUT2D eigenvalue weighted by molar-refractivity contribution is 5.30. The first-order valence-electron chi connectivity index (χ1n) is 13.9. The highest BCUT2D eigenvalue weighted by Gasteiger charge is 2.67. The van der Waals surface area contributed by atoms with Crippen molar-refractivity contribution in [1.29, 1.82) is 0 Å². The molecule has 0 N–H and O–H groups in total. The number of ether oxygens (including phenoxy) is 2. The maximum absolute atomic E-state index is 6.97. The summed E-state index contributed by atoms with van der Waals surface area (Å²) in [6.45, 7) is 2.36. The second-order valence-corrected chi connectivity index (χ2v) is 12.6. The molecule has 2 spiro atoms. The number of rotatable bonds is 3. The zero-order valence-electron chi connectivity index (χ0n) is 20.2. The Labute approximate surface area is 198 Å². The molecule has 33 heavy (non-hydrogen) atoms. The standard InChI is InChI=1S/C29H40O4/c1-19-4-8-26(9-5-19)30-27-10-6-22(7-11-27)23-3-2-12-28(18-23)31-29(33-32-28)24-14-20-13-21(16-24)17-25(29)15-20/h6-7,10-11,19-21,23-26H,2-5,8-9,12-18H2,1H3/t19?,20?,21?,23-,24?,25?,26?,28-,29?/m1/s1. The van der Waals surface area contributed by atoms with E-state index >= 15 is 0 Å². The Kier molecular flexibility index (Phi) is 5.12. The van der Waals surface area contributed by atoms with Gasteiger partial charge < -0.3 is 9.47 Å². The zero-order chi connectivity index (χ0) is 22.0. The SMILES string of the molecule is CC1CCC(Oc2ccc([C@@H]3CCC[C@]4(C3)OOC3(O4)C4CC5CC(C4)CC3C5)cc2)CC1. The molecule has 2 atom stereocenters. The van der Waals surface area contributed by atoms with Gasteiger partial charge in [0.1, 0.15) is 5.75 Å². The summed E-state index contributed by atoms with van der Waals surface area (Å²) in [6.07, 6.45) is 16.1. The molecule has 6 saturated carbocycles. The molecule has 1 aromatic carbocycles. The quantitative estimate of drug-likeness (QED) is 0.457. The van der Waals surface area contributed by atoms with Crippen molar-refractivity contribution >= 4 is 0 Å². The Morgan fingerprint density at radius 3 is 2.21 bits per heavy atom. The maximum Gasteiger partial charge on any atom is 0.210 e. The van der Waals surface area contributed by atoms with Crippen molar-refractivity contribution in [1.82, 2.24) is 0 Å². The normalized spacial score (nSPS) is 48.6. The number of hydrogen-bond donors (Lipinski definition) is 0. The smallest absolute Gasteiger partial charge is 0.210 e. The molecule has 1 aliphatic heterocycles. The van der Waals surface area contributed by atoms with Crippen LogP contribution in [-0.2, 0) is 14.5 Å². The van der Waals surface area contributed by atoms with Crippen molar-refractivity contribution in [2.75, 3.05) is 0 Å². The highest BCUT2D eigenvalue weighted by Crippen LogP contribution is 2.64. The third kappa shape index (κ3) is 3.67. The largest absolute Gasteiger partial charge is 0.490 e. The van der Waals surface area contributed by atoms with Gasteiger partial charge in [0.25, 0.3) is 0 Å². The second-order valence-electron chi connectivity index (χ2n) is 12.6. The van der Waals surface area contributed by atoms with E-state index in [2.05, 4.69) is 31.2 Å². The first-order valence-corrected chi connectivity index (χ1v) is 13.9. The Bertz CT molecular complexity index is 829. The summed E-state index contributed by atoms with van der Waals surface area (Å²) in [5.41, 5.74) is 1.39. The molecule has 7 aliphatic rings. The summed E-state index contributed by atoms with van der Waals surface area (Å²) in [7, 11) is 0. The molecule has 0 amide bonds. The third-order valence-electron chi connectivity index (χ3n) is 10.2. The van der Waals surface area contributed by atoms with Crippen molar-refractivity contribution in [2.45, 2.75) is 114 Å². The predicted octanol–water partition coefficient (Wildman–Crippen LogP) is 7.13. The van der Waals surface area contributed by atoms with Crippen LogP contribution in [0.5, 0.6) is 5.75 Å². The Morgan fingerprint density at radius 1 is 0.818 bits per heavy atom. The predicted molar refractivity (Wildman–Crippen MR) is 125 cm³/mol. The van der Waals surface area contributed by atoms with Gasteiger partial charge in [0.15, 0.2) is 0 Å². The van der Waals surface area contributed by atoms with E-state index in [0.717, 1.165) is 42.8 Å². The van der Waals surface area contributed by atoms with Crippen LogP contribution in [0.1, 0.15) is 102 Å². The molecule has 7 fully saturated rings. The molecule has 0 aromatic heterocycles. The Hall–Kier alpha value is -1.10. The number of benzene rings is 1. The second kappa shape index (κ2) is 7.96. The lowest BCUT2D eigenvalue weighted by atomic mass is 9.53. The molecule has 1 aromatic rings. The molecule has 0 unspecified atom stereocenters. The third-order valence-corrected chi connectivity index (χ3v) is 10.2. The van der Waals surface area contributed by atoms with Gasteiger partial charge in [-0.15, -0.1) is 0 Å².